The van der Waals surface area contributed by atoms with Gasteiger partial charge in [-0.2, -0.15) is 4.31 Å². The highest BCUT2D eigenvalue weighted by Crippen LogP contribution is 2.40. The van der Waals surface area contributed by atoms with Crippen LogP contribution in [0.4, 0.5) is 0 Å². The van der Waals surface area contributed by atoms with Crippen molar-refractivity contribution in [1.82, 2.24) is 9.79 Å². The highest BCUT2D eigenvalue weighted by molar-refractivity contribution is 7.89. The summed E-state index contributed by atoms with van der Waals surface area (Å²) < 4.78 is 38.9. The lowest BCUT2D eigenvalue weighted by molar-refractivity contribution is -0.133. The number of nitrogens with zero attached hydrogens (tertiary/aromatic N) is 1. The summed E-state index contributed by atoms with van der Waals surface area (Å²) in [6.45, 7) is 0.0435. The van der Waals surface area contributed by atoms with Gasteiger partial charge < -0.3 is 9.47 Å². The molecule has 0 saturated heterocycles. The summed E-state index contributed by atoms with van der Waals surface area (Å²) in [5.74, 6) is -0.0448. The molecule has 1 aliphatic rings. The Labute approximate surface area is 202 Å². The van der Waals surface area contributed by atoms with Crippen LogP contribution in [0.3, 0.4) is 0 Å². The molecule has 8 nitrogen and oxygen atoms in total. The minimum atomic E-state index is -4.08. The van der Waals surface area contributed by atoms with E-state index in [1.807, 2.05) is 12.1 Å². The van der Waals surface area contributed by atoms with Crippen LogP contribution in [0.5, 0.6) is 11.5 Å². The number of halogens is 1. The molecule has 1 amide bonds. The molecule has 3 aromatic carbocycles. The second-order valence-electron chi connectivity index (χ2n) is 7.68. The van der Waals surface area contributed by atoms with E-state index in [9.17, 15) is 18.4 Å². The molecular formula is C24H23ClN2O6S. The number of amides is 1. The van der Waals surface area contributed by atoms with E-state index in [1.165, 1.54) is 26.4 Å². The predicted molar refractivity (Wildman–Crippen MR) is 127 cm³/mol. The Morgan fingerprint density at radius 3 is 2.12 bits per heavy atom. The fourth-order valence-electron chi connectivity index (χ4n) is 4.11. The van der Waals surface area contributed by atoms with Crippen LogP contribution in [0, 0.1) is 0 Å². The van der Waals surface area contributed by atoms with Crippen LogP contribution < -0.4 is 15.0 Å². The van der Waals surface area contributed by atoms with Crippen LogP contribution in [-0.4, -0.2) is 44.6 Å². The van der Waals surface area contributed by atoms with Gasteiger partial charge >= 0.3 is 0 Å². The number of rotatable bonds is 6. The van der Waals surface area contributed by atoms with E-state index in [2.05, 4.69) is 0 Å². The molecule has 0 spiro atoms. The lowest BCUT2D eigenvalue weighted by atomic mass is 9.93. The predicted octanol–water partition coefficient (Wildman–Crippen LogP) is 3.82. The molecule has 0 bridgehead atoms. The normalized spacial score (nSPS) is 15.9. The summed E-state index contributed by atoms with van der Waals surface area (Å²) >= 11 is 5.94. The SMILES string of the molecule is COc1cc2c(cc1OC)C(C(=O)NO)N(S(=O)(=O)c1ccc(-c3ccc(Cl)cc3)cc1)CC2. The molecule has 0 radical (unpaired) electrons. The number of benzene rings is 3. The van der Waals surface area contributed by atoms with E-state index in [-0.39, 0.29) is 11.4 Å². The maximum Gasteiger partial charge on any atom is 0.266 e. The highest BCUT2D eigenvalue weighted by Gasteiger charge is 2.41. The van der Waals surface area contributed by atoms with Crippen molar-refractivity contribution >= 4 is 27.5 Å². The number of fused-ring (bicyclic) bond motifs is 1. The third-order valence-electron chi connectivity index (χ3n) is 5.83. The zero-order valence-electron chi connectivity index (χ0n) is 18.5. The molecule has 1 unspecified atom stereocenters. The van der Waals surface area contributed by atoms with Crippen molar-refractivity contribution < 1.29 is 27.9 Å². The van der Waals surface area contributed by atoms with Crippen LogP contribution in [0.2, 0.25) is 5.02 Å². The van der Waals surface area contributed by atoms with Crippen LogP contribution in [0.15, 0.2) is 65.6 Å². The first kappa shape index (κ1) is 24.0. The Balaban J connectivity index is 1.73. The molecule has 0 aromatic heterocycles. The summed E-state index contributed by atoms with van der Waals surface area (Å²) in [5, 5.41) is 10.00. The third kappa shape index (κ3) is 4.35. The van der Waals surface area contributed by atoms with Gasteiger partial charge in [0.05, 0.1) is 19.1 Å². The van der Waals surface area contributed by atoms with Crippen molar-refractivity contribution in [2.75, 3.05) is 20.8 Å². The monoisotopic (exact) mass is 502 g/mol. The molecule has 0 saturated carbocycles. The molecule has 10 heteroatoms. The lowest BCUT2D eigenvalue weighted by Crippen LogP contribution is -2.46. The summed E-state index contributed by atoms with van der Waals surface area (Å²) in [7, 11) is -1.14. The summed E-state index contributed by atoms with van der Waals surface area (Å²) in [4.78, 5) is 12.7. The Morgan fingerprint density at radius 1 is 1.00 bits per heavy atom. The van der Waals surface area contributed by atoms with E-state index in [1.54, 1.807) is 41.9 Å². The Kier molecular flexibility index (Phi) is 6.81. The minimum absolute atomic E-state index is 0.0323. The second kappa shape index (κ2) is 9.63. The fraction of sp³-hybridized carbons (Fsp3) is 0.208. The van der Waals surface area contributed by atoms with Crippen LogP contribution in [-0.2, 0) is 21.2 Å². The largest absolute Gasteiger partial charge is 0.493 e. The smallest absolute Gasteiger partial charge is 0.266 e. The highest BCUT2D eigenvalue weighted by atomic mass is 35.5. The fourth-order valence-corrected chi connectivity index (χ4v) is 5.81. The number of sulfonamides is 1. The maximum atomic E-state index is 13.6. The van der Waals surface area contributed by atoms with Gasteiger partial charge in [-0.15, -0.1) is 0 Å². The van der Waals surface area contributed by atoms with Crippen molar-refractivity contribution in [3.8, 4) is 22.6 Å². The second-order valence-corrected chi connectivity index (χ2v) is 10.0. The number of carbonyl (C=O) groups is 1. The summed E-state index contributed by atoms with van der Waals surface area (Å²) in [6, 6.07) is 15.6. The van der Waals surface area contributed by atoms with E-state index in [0.717, 1.165) is 21.0 Å². The Morgan fingerprint density at radius 2 is 1.56 bits per heavy atom. The van der Waals surface area contributed by atoms with Crippen molar-refractivity contribution in [2.24, 2.45) is 0 Å². The average Bonchev–Trinajstić information content (AvgIpc) is 2.87. The van der Waals surface area contributed by atoms with Gasteiger partial charge in [0.1, 0.15) is 6.04 Å². The summed E-state index contributed by atoms with van der Waals surface area (Å²) in [5.41, 5.74) is 4.46. The van der Waals surface area contributed by atoms with Crippen molar-refractivity contribution in [2.45, 2.75) is 17.4 Å². The van der Waals surface area contributed by atoms with E-state index in [0.29, 0.717) is 28.5 Å². The number of carbonyl (C=O) groups excluding carboxylic acids is 1. The van der Waals surface area contributed by atoms with Gasteiger partial charge in [0.25, 0.3) is 5.91 Å². The van der Waals surface area contributed by atoms with Gasteiger partial charge in [-0.1, -0.05) is 35.9 Å². The molecule has 34 heavy (non-hydrogen) atoms. The quantitative estimate of drug-likeness (QED) is 0.392. The molecule has 0 fully saturated rings. The van der Waals surface area contributed by atoms with Gasteiger partial charge in [-0.3, -0.25) is 10.0 Å². The first-order valence-electron chi connectivity index (χ1n) is 10.4. The molecular weight excluding hydrogens is 480 g/mol. The number of hydroxylamine groups is 1. The number of hydrogen-bond donors (Lipinski definition) is 2. The van der Waals surface area contributed by atoms with Gasteiger partial charge in [-0.25, -0.2) is 13.9 Å². The summed E-state index contributed by atoms with van der Waals surface area (Å²) in [6.07, 6.45) is 0.354. The van der Waals surface area contributed by atoms with Crippen molar-refractivity contribution in [1.29, 1.82) is 0 Å². The van der Waals surface area contributed by atoms with E-state index in [4.69, 9.17) is 21.1 Å². The van der Waals surface area contributed by atoms with E-state index < -0.39 is 22.0 Å². The Bertz CT molecular complexity index is 1310. The van der Waals surface area contributed by atoms with Gasteiger partial charge in [0.2, 0.25) is 10.0 Å². The first-order chi connectivity index (χ1) is 16.3. The topological polar surface area (TPSA) is 105 Å². The average molecular weight is 503 g/mol. The van der Waals surface area contributed by atoms with E-state index >= 15 is 0 Å². The molecule has 1 atom stereocenters. The maximum absolute atomic E-state index is 13.6. The third-order valence-corrected chi connectivity index (χ3v) is 7.96. The van der Waals surface area contributed by atoms with Crippen LogP contribution >= 0.6 is 11.6 Å². The minimum Gasteiger partial charge on any atom is -0.493 e. The molecule has 3 aromatic rings. The molecule has 1 aliphatic heterocycles. The number of ether oxygens (including phenoxy) is 2. The number of hydrogen-bond acceptors (Lipinski definition) is 6. The van der Waals surface area contributed by atoms with Gasteiger partial charge in [-0.05, 0) is 65.1 Å². The standard InChI is InChI=1S/C24H23ClN2O6S/c1-32-21-13-17-11-12-27(23(24(28)26-29)20(17)14-22(21)33-2)34(30,31)19-9-5-16(6-10-19)15-3-7-18(25)8-4-15/h3-10,13-14,23,29H,11-12H2,1-2H3,(H,26,28). The van der Waals surface area contributed by atoms with Gasteiger partial charge in [0, 0.05) is 11.6 Å². The van der Waals surface area contributed by atoms with Crippen molar-refractivity contribution in [3.63, 3.8) is 0 Å². The van der Waals surface area contributed by atoms with Crippen LogP contribution in [0.25, 0.3) is 11.1 Å². The lowest BCUT2D eigenvalue weighted by Gasteiger charge is -2.35. The van der Waals surface area contributed by atoms with Crippen LogP contribution in [0.1, 0.15) is 17.2 Å². The zero-order chi connectivity index (χ0) is 24.5. The first-order valence-corrected chi connectivity index (χ1v) is 12.2. The number of nitrogens with one attached hydrogen (secondary N) is 1. The molecule has 1 heterocycles. The number of methoxy groups -OCH3 is 2. The molecule has 4 rings (SSSR count). The molecule has 2 N–H and O–H groups in total. The molecule has 178 valence electrons. The Hall–Kier alpha value is -3.11. The zero-order valence-corrected chi connectivity index (χ0v) is 20.1. The molecule has 0 aliphatic carbocycles. The van der Waals surface area contributed by atoms with Gasteiger partial charge in [0.15, 0.2) is 11.5 Å². The van der Waals surface area contributed by atoms with Crippen molar-refractivity contribution in [3.05, 3.63) is 76.8 Å².